The molecule has 0 bridgehead atoms. The Morgan fingerprint density at radius 3 is 0.972 bits per heavy atom. The summed E-state index contributed by atoms with van der Waals surface area (Å²) in [7, 11) is 1.70. The van der Waals surface area contributed by atoms with E-state index in [2.05, 4.69) is 60.3 Å². The summed E-state index contributed by atoms with van der Waals surface area (Å²) < 4.78 is 15.0. The molecule has 1 aliphatic rings. The monoisotopic (exact) mass is 524 g/mol. The van der Waals surface area contributed by atoms with E-state index in [-0.39, 0.29) is 7.43 Å². The van der Waals surface area contributed by atoms with Crippen LogP contribution in [-0.4, -0.2) is 62.7 Å². The Balaban J connectivity index is -0.0000000758. The summed E-state index contributed by atoms with van der Waals surface area (Å²) >= 11 is 0. The average Bonchev–Trinajstić information content (AvgIpc) is 2.65. The van der Waals surface area contributed by atoms with Crippen LogP contribution in [0.25, 0.3) is 0 Å². The normalized spacial score (nSPS) is 12.2. The largest absolute Gasteiger partial charge is 0.382 e. The maximum Gasteiger partial charge on any atom is 0.0522 e. The van der Waals surface area contributed by atoms with Gasteiger partial charge in [-0.3, -0.25) is 0 Å². The van der Waals surface area contributed by atoms with Gasteiger partial charge in [-0.15, -0.1) is 0 Å². The Labute approximate surface area is 232 Å². The number of likely N-dealkylation sites (tertiary alicyclic amines) is 1. The highest BCUT2D eigenvalue weighted by Crippen LogP contribution is 2.07. The quantitative estimate of drug-likeness (QED) is 0.316. The van der Waals surface area contributed by atoms with Crippen LogP contribution in [0.3, 0.4) is 0 Å². The second-order valence-electron chi connectivity index (χ2n) is 11.6. The van der Waals surface area contributed by atoms with Crippen LogP contribution in [0, 0.1) is 17.8 Å². The summed E-state index contributed by atoms with van der Waals surface area (Å²) in [5.41, 5.74) is 0. The van der Waals surface area contributed by atoms with Gasteiger partial charge < -0.3 is 19.1 Å². The van der Waals surface area contributed by atoms with E-state index in [1.807, 2.05) is 62.3 Å². The molecule has 1 aliphatic heterocycles. The zero-order chi connectivity index (χ0) is 29.0. The van der Waals surface area contributed by atoms with E-state index < -0.39 is 0 Å². The highest BCUT2D eigenvalue weighted by molar-refractivity contribution is 4.68. The van der Waals surface area contributed by atoms with Gasteiger partial charge in [0.15, 0.2) is 0 Å². The second kappa shape index (κ2) is 37.0. The van der Waals surface area contributed by atoms with Gasteiger partial charge in [0.1, 0.15) is 0 Å². The standard InChI is InChI=1S/C7H15N.C6H14O.C5H12O.C5H12.C4H10O.C4H10.CH4/c1-7(2)6-8-4-3-5-8;1-5(2)7-6(3)4;1-4-6-5(2)3;1-4-5(2)3;1-4(2)5-3;1-4(2)3;/h7H,3-6H2,1-2H3;5-6H,1-4H3;5H,4H2,1-3H3;5H,4H2,1-3H3;4H,1-3H3;4H,1-3H3;1H4. The van der Waals surface area contributed by atoms with Gasteiger partial charge >= 0.3 is 0 Å². The van der Waals surface area contributed by atoms with Crippen LogP contribution >= 0.6 is 0 Å². The minimum absolute atomic E-state index is 0. The first-order valence-electron chi connectivity index (χ1n) is 14.5. The zero-order valence-electron chi connectivity index (χ0n) is 28.0. The molecule has 0 amide bonds. The smallest absolute Gasteiger partial charge is 0.0522 e. The van der Waals surface area contributed by atoms with E-state index >= 15 is 0 Å². The van der Waals surface area contributed by atoms with Crippen molar-refractivity contribution in [3.63, 3.8) is 0 Å². The summed E-state index contributed by atoms with van der Waals surface area (Å²) in [6.07, 6.45) is 4.26. The number of hydrogen-bond donors (Lipinski definition) is 0. The molecule has 0 saturated carbocycles. The van der Waals surface area contributed by atoms with Gasteiger partial charge in [-0.2, -0.15) is 0 Å². The maximum absolute atomic E-state index is 5.25. The molecule has 4 heteroatoms. The van der Waals surface area contributed by atoms with Crippen molar-refractivity contribution in [1.82, 2.24) is 4.90 Å². The van der Waals surface area contributed by atoms with E-state index in [0.717, 1.165) is 24.4 Å². The van der Waals surface area contributed by atoms with Crippen LogP contribution in [0.2, 0.25) is 0 Å². The molecular formula is C32H77NO3. The Morgan fingerprint density at radius 2 is 0.944 bits per heavy atom. The van der Waals surface area contributed by atoms with E-state index in [4.69, 9.17) is 14.2 Å². The number of methoxy groups -OCH3 is 1. The minimum Gasteiger partial charge on any atom is -0.382 e. The molecule has 0 atom stereocenters. The fourth-order valence-electron chi connectivity index (χ4n) is 1.96. The third-order valence-corrected chi connectivity index (χ3v) is 3.90. The molecule has 0 spiro atoms. The van der Waals surface area contributed by atoms with Crippen molar-refractivity contribution in [3.05, 3.63) is 0 Å². The van der Waals surface area contributed by atoms with Crippen LogP contribution in [0.5, 0.6) is 0 Å². The maximum atomic E-state index is 5.25. The van der Waals surface area contributed by atoms with Crippen LogP contribution in [0.4, 0.5) is 0 Å². The van der Waals surface area contributed by atoms with Crippen molar-refractivity contribution in [3.8, 4) is 0 Å². The van der Waals surface area contributed by atoms with E-state index in [9.17, 15) is 0 Å². The number of ether oxygens (including phenoxy) is 3. The summed E-state index contributed by atoms with van der Waals surface area (Å²) in [6, 6.07) is 0. The zero-order valence-corrected chi connectivity index (χ0v) is 28.0. The minimum atomic E-state index is 0. The van der Waals surface area contributed by atoms with Crippen molar-refractivity contribution in [2.75, 3.05) is 33.4 Å². The second-order valence-corrected chi connectivity index (χ2v) is 11.6. The lowest BCUT2D eigenvalue weighted by molar-refractivity contribution is 0.0300. The summed E-state index contributed by atoms with van der Waals surface area (Å²) in [5, 5.41) is 0. The topological polar surface area (TPSA) is 30.9 Å². The molecule has 0 aliphatic carbocycles. The third kappa shape index (κ3) is 84.0. The molecule has 0 unspecified atom stereocenters. The molecule has 36 heavy (non-hydrogen) atoms. The van der Waals surface area contributed by atoms with Gasteiger partial charge in [-0.25, -0.2) is 0 Å². The molecule has 1 heterocycles. The number of rotatable bonds is 8. The van der Waals surface area contributed by atoms with Crippen molar-refractivity contribution >= 4 is 0 Å². The Bertz CT molecular complexity index is 320. The van der Waals surface area contributed by atoms with Crippen molar-refractivity contribution in [1.29, 1.82) is 0 Å². The predicted octanol–water partition coefficient (Wildman–Crippen LogP) is 9.99. The predicted molar refractivity (Wildman–Crippen MR) is 169 cm³/mol. The van der Waals surface area contributed by atoms with Gasteiger partial charge in [-0.05, 0) is 99.6 Å². The van der Waals surface area contributed by atoms with Gasteiger partial charge in [0.2, 0.25) is 0 Å². The first-order chi connectivity index (χ1) is 16.0. The summed E-state index contributed by atoms with van der Waals surface area (Å²) in [5.74, 6) is 2.57. The van der Waals surface area contributed by atoms with E-state index in [1.165, 1.54) is 32.5 Å². The molecule has 0 aromatic rings. The van der Waals surface area contributed by atoms with Crippen LogP contribution in [0.15, 0.2) is 0 Å². The lowest BCUT2D eigenvalue weighted by atomic mass is 10.1. The highest BCUT2D eigenvalue weighted by atomic mass is 16.5. The summed E-state index contributed by atoms with van der Waals surface area (Å²) in [4.78, 5) is 2.50. The molecule has 4 nitrogen and oxygen atoms in total. The van der Waals surface area contributed by atoms with Gasteiger partial charge in [-0.1, -0.05) is 69.2 Å². The number of nitrogens with zero attached hydrogens (tertiary/aromatic N) is 1. The first kappa shape index (κ1) is 48.9. The third-order valence-electron chi connectivity index (χ3n) is 3.90. The average molecular weight is 524 g/mol. The summed E-state index contributed by atoms with van der Waals surface area (Å²) in [6.45, 7) is 40.8. The van der Waals surface area contributed by atoms with E-state index in [1.54, 1.807) is 7.11 Å². The fraction of sp³-hybridized carbons (Fsp3) is 1.00. The molecule has 1 saturated heterocycles. The van der Waals surface area contributed by atoms with Gasteiger partial charge in [0.05, 0.1) is 24.4 Å². The lowest BCUT2D eigenvalue weighted by Crippen LogP contribution is -2.39. The van der Waals surface area contributed by atoms with Crippen molar-refractivity contribution in [2.24, 2.45) is 17.8 Å². The van der Waals surface area contributed by atoms with Crippen molar-refractivity contribution in [2.45, 2.75) is 162 Å². The molecule has 1 fully saturated rings. The lowest BCUT2D eigenvalue weighted by Gasteiger charge is -2.31. The molecule has 0 aromatic heterocycles. The number of hydrogen-bond acceptors (Lipinski definition) is 4. The molecule has 0 N–H and O–H groups in total. The fourth-order valence-corrected chi connectivity index (χ4v) is 1.96. The SMILES string of the molecule is C.CC(C)C.CC(C)CN1CCC1.CC(C)OC(C)C.CCC(C)C.CCOC(C)C.COC(C)C. The van der Waals surface area contributed by atoms with Gasteiger partial charge in [0, 0.05) is 20.3 Å². The Morgan fingerprint density at radius 1 is 0.611 bits per heavy atom. The van der Waals surface area contributed by atoms with Crippen LogP contribution in [-0.2, 0) is 14.2 Å². The van der Waals surface area contributed by atoms with Gasteiger partial charge in [0.25, 0.3) is 0 Å². The Hall–Kier alpha value is -0.160. The Kier molecular flexibility index (Phi) is 50.2. The highest BCUT2D eigenvalue weighted by Gasteiger charge is 2.13. The molecular weight excluding hydrogens is 446 g/mol. The molecule has 0 aromatic carbocycles. The molecule has 1 rings (SSSR count). The molecule has 0 radical (unpaired) electrons. The van der Waals surface area contributed by atoms with Crippen LogP contribution in [0.1, 0.15) is 138 Å². The van der Waals surface area contributed by atoms with E-state index in [0.29, 0.717) is 24.4 Å². The first-order valence-corrected chi connectivity index (χ1v) is 14.5. The van der Waals surface area contributed by atoms with Crippen LogP contribution < -0.4 is 0 Å². The van der Waals surface area contributed by atoms with Crippen molar-refractivity contribution < 1.29 is 14.2 Å². The molecule has 228 valence electrons.